The molecule has 0 heterocycles. The summed E-state index contributed by atoms with van der Waals surface area (Å²) >= 11 is 4.33. The molecular weight excluding hydrogens is 230 g/mol. The Hall–Kier alpha value is -1.94. The number of thiol groups is 1. The molecule has 0 aliphatic rings. The molecule has 17 heavy (non-hydrogen) atoms. The van der Waals surface area contributed by atoms with Gasteiger partial charge in [-0.25, -0.2) is 0 Å². The number of hydrogen-bond donors (Lipinski definition) is 4. The van der Waals surface area contributed by atoms with Gasteiger partial charge in [0, 0.05) is 16.1 Å². The third kappa shape index (κ3) is 2.42. The van der Waals surface area contributed by atoms with E-state index in [-0.39, 0.29) is 5.84 Å². The fourth-order valence-electron chi connectivity index (χ4n) is 1.61. The van der Waals surface area contributed by atoms with Crippen molar-refractivity contribution >= 4 is 24.2 Å². The Morgan fingerprint density at radius 1 is 1.00 bits per heavy atom. The maximum Gasteiger partial charge on any atom is 0.123 e. The average molecular weight is 243 g/mol. The highest BCUT2D eigenvalue weighted by atomic mass is 32.1. The number of nitrogens with one attached hydrogen (secondary N) is 1. The molecule has 0 fully saturated rings. The molecule has 5 N–H and O–H groups in total. The van der Waals surface area contributed by atoms with E-state index in [4.69, 9.17) is 16.9 Å². The Balaban J connectivity index is 2.44. The summed E-state index contributed by atoms with van der Waals surface area (Å²) in [5, 5.41) is 7.39. The summed E-state index contributed by atoms with van der Waals surface area (Å²) in [6, 6.07) is 13.2. The summed E-state index contributed by atoms with van der Waals surface area (Å²) in [5.41, 5.74) is 14.5. The van der Waals surface area contributed by atoms with Gasteiger partial charge in [0.2, 0.25) is 0 Å². The molecule has 2 aromatic rings. The number of nitrogen functional groups attached to an aromatic ring is 2. The molecule has 0 bridgehead atoms. The van der Waals surface area contributed by atoms with Gasteiger partial charge < -0.3 is 11.5 Å². The van der Waals surface area contributed by atoms with Crippen LogP contribution in [0.4, 0.5) is 5.69 Å². The van der Waals surface area contributed by atoms with Crippen LogP contribution in [0.15, 0.2) is 47.4 Å². The van der Waals surface area contributed by atoms with E-state index in [9.17, 15) is 0 Å². The number of rotatable bonds is 2. The van der Waals surface area contributed by atoms with Gasteiger partial charge in [0.25, 0.3) is 0 Å². The van der Waals surface area contributed by atoms with E-state index in [0.717, 1.165) is 16.8 Å². The van der Waals surface area contributed by atoms with E-state index in [0.29, 0.717) is 10.5 Å². The fourth-order valence-corrected chi connectivity index (χ4v) is 1.95. The molecule has 3 nitrogen and oxygen atoms in total. The van der Waals surface area contributed by atoms with E-state index in [2.05, 4.69) is 12.6 Å². The molecule has 2 aromatic carbocycles. The van der Waals surface area contributed by atoms with Crippen molar-refractivity contribution in [2.75, 3.05) is 5.73 Å². The van der Waals surface area contributed by atoms with Crippen LogP contribution in [-0.2, 0) is 0 Å². The maximum atomic E-state index is 7.39. The predicted molar refractivity (Wildman–Crippen MR) is 74.6 cm³/mol. The first-order chi connectivity index (χ1) is 8.08. The largest absolute Gasteiger partial charge is 0.399 e. The van der Waals surface area contributed by atoms with Crippen molar-refractivity contribution in [1.82, 2.24) is 0 Å². The molecule has 0 aliphatic carbocycles. The van der Waals surface area contributed by atoms with Crippen molar-refractivity contribution in [3.8, 4) is 11.1 Å². The van der Waals surface area contributed by atoms with Crippen molar-refractivity contribution in [2.45, 2.75) is 4.90 Å². The van der Waals surface area contributed by atoms with Crippen LogP contribution in [0, 0.1) is 5.41 Å². The summed E-state index contributed by atoms with van der Waals surface area (Å²) < 4.78 is 0. The van der Waals surface area contributed by atoms with Gasteiger partial charge in [0.05, 0.1) is 0 Å². The third-order valence-electron chi connectivity index (χ3n) is 2.53. The summed E-state index contributed by atoms with van der Waals surface area (Å²) in [6.45, 7) is 0. The minimum Gasteiger partial charge on any atom is -0.399 e. The average Bonchev–Trinajstić information content (AvgIpc) is 2.29. The van der Waals surface area contributed by atoms with Crippen molar-refractivity contribution in [1.29, 1.82) is 5.41 Å². The van der Waals surface area contributed by atoms with Gasteiger partial charge in [-0.3, -0.25) is 5.41 Å². The summed E-state index contributed by atoms with van der Waals surface area (Å²) in [6.07, 6.45) is 0. The molecule has 0 aliphatic heterocycles. The Labute approximate surface area is 105 Å². The molecule has 0 amide bonds. The molecule has 0 unspecified atom stereocenters. The lowest BCUT2D eigenvalue weighted by Gasteiger charge is -2.07. The first kappa shape index (κ1) is 11.5. The molecule has 0 saturated heterocycles. The molecule has 2 rings (SSSR count). The molecule has 0 spiro atoms. The van der Waals surface area contributed by atoms with Crippen LogP contribution < -0.4 is 11.5 Å². The second-order valence-electron chi connectivity index (χ2n) is 3.77. The lowest BCUT2D eigenvalue weighted by atomic mass is 10.0. The fraction of sp³-hybridized carbons (Fsp3) is 0. The molecule has 0 atom stereocenters. The molecule has 0 radical (unpaired) electrons. The van der Waals surface area contributed by atoms with E-state index >= 15 is 0 Å². The molecule has 86 valence electrons. The van der Waals surface area contributed by atoms with Gasteiger partial charge >= 0.3 is 0 Å². The minimum atomic E-state index is 0.0267. The predicted octanol–water partition coefficient (Wildman–Crippen LogP) is 2.51. The SMILES string of the molecule is N=C(N)c1ccc(-c2ccc(N)cc2)cc1S. The monoisotopic (exact) mass is 243 g/mol. The normalized spacial score (nSPS) is 10.2. The number of hydrogen-bond acceptors (Lipinski definition) is 3. The van der Waals surface area contributed by atoms with Crippen molar-refractivity contribution in [2.24, 2.45) is 5.73 Å². The van der Waals surface area contributed by atoms with Crippen LogP contribution in [0.3, 0.4) is 0 Å². The van der Waals surface area contributed by atoms with Crippen LogP contribution >= 0.6 is 12.6 Å². The van der Waals surface area contributed by atoms with Gasteiger partial charge in [-0.2, -0.15) is 0 Å². The molecule has 0 saturated carbocycles. The Morgan fingerprint density at radius 2 is 1.59 bits per heavy atom. The van der Waals surface area contributed by atoms with E-state index in [1.54, 1.807) is 6.07 Å². The third-order valence-corrected chi connectivity index (χ3v) is 2.90. The van der Waals surface area contributed by atoms with Gasteiger partial charge in [0.1, 0.15) is 5.84 Å². The number of amidine groups is 1. The zero-order valence-electron chi connectivity index (χ0n) is 9.14. The smallest absolute Gasteiger partial charge is 0.123 e. The quantitative estimate of drug-likeness (QED) is 0.283. The van der Waals surface area contributed by atoms with Crippen molar-refractivity contribution in [3.05, 3.63) is 48.0 Å². The van der Waals surface area contributed by atoms with Gasteiger partial charge in [-0.1, -0.05) is 18.2 Å². The van der Waals surface area contributed by atoms with Crippen LogP contribution in [-0.4, -0.2) is 5.84 Å². The van der Waals surface area contributed by atoms with Crippen LogP contribution in [0.2, 0.25) is 0 Å². The topological polar surface area (TPSA) is 75.9 Å². The Bertz CT molecular complexity index is 561. The highest BCUT2D eigenvalue weighted by Gasteiger charge is 2.04. The Kier molecular flexibility index (Phi) is 3.06. The van der Waals surface area contributed by atoms with Crippen LogP contribution in [0.25, 0.3) is 11.1 Å². The molecular formula is C13H13N3S. The number of anilines is 1. The summed E-state index contributed by atoms with van der Waals surface area (Å²) in [7, 11) is 0. The number of nitrogens with two attached hydrogens (primary N) is 2. The Morgan fingerprint density at radius 3 is 2.12 bits per heavy atom. The van der Waals surface area contributed by atoms with E-state index in [1.807, 2.05) is 36.4 Å². The maximum absolute atomic E-state index is 7.39. The summed E-state index contributed by atoms with van der Waals surface area (Å²) in [5.74, 6) is 0.0267. The standard InChI is InChI=1S/C13H13N3S/c14-10-4-1-8(2-5-10)9-3-6-11(13(15)16)12(17)7-9/h1-7,17H,14H2,(H3,15,16). The zero-order valence-corrected chi connectivity index (χ0v) is 10.0. The second-order valence-corrected chi connectivity index (χ2v) is 4.25. The molecule has 0 aromatic heterocycles. The van der Waals surface area contributed by atoms with Crippen molar-refractivity contribution in [3.63, 3.8) is 0 Å². The van der Waals surface area contributed by atoms with Crippen molar-refractivity contribution < 1.29 is 0 Å². The van der Waals surface area contributed by atoms with Crippen LogP contribution in [0.5, 0.6) is 0 Å². The first-order valence-corrected chi connectivity index (χ1v) is 5.56. The lowest BCUT2D eigenvalue weighted by Crippen LogP contribution is -2.11. The second kappa shape index (κ2) is 4.51. The van der Waals surface area contributed by atoms with E-state index in [1.165, 1.54) is 0 Å². The van der Waals surface area contributed by atoms with Gasteiger partial charge in [-0.15, -0.1) is 12.6 Å². The zero-order chi connectivity index (χ0) is 12.4. The minimum absolute atomic E-state index is 0.0267. The van der Waals surface area contributed by atoms with Gasteiger partial charge in [-0.05, 0) is 35.4 Å². The lowest BCUT2D eigenvalue weighted by molar-refractivity contribution is 1.35. The molecule has 4 heteroatoms. The van der Waals surface area contributed by atoms with E-state index < -0.39 is 0 Å². The highest BCUT2D eigenvalue weighted by Crippen LogP contribution is 2.25. The highest BCUT2D eigenvalue weighted by molar-refractivity contribution is 7.80. The van der Waals surface area contributed by atoms with Gasteiger partial charge in [0.15, 0.2) is 0 Å². The number of benzene rings is 2. The summed E-state index contributed by atoms with van der Waals surface area (Å²) in [4.78, 5) is 0.701. The first-order valence-electron chi connectivity index (χ1n) is 5.11. The van der Waals surface area contributed by atoms with Crippen LogP contribution in [0.1, 0.15) is 5.56 Å².